The smallest absolute Gasteiger partial charge is 0.411 e. The van der Waals surface area contributed by atoms with Gasteiger partial charge in [0.05, 0.1) is 12.6 Å². The Labute approximate surface area is 159 Å². The van der Waals surface area contributed by atoms with Crippen LogP contribution < -0.4 is 0 Å². The molecule has 0 N–H and O–H groups in total. The minimum absolute atomic E-state index is 0.00835. The lowest BCUT2D eigenvalue weighted by atomic mass is 10.0. The maximum absolute atomic E-state index is 12.9. The van der Waals surface area contributed by atoms with Crippen molar-refractivity contribution in [2.75, 3.05) is 13.2 Å². The molecule has 1 fully saturated rings. The Kier molecular flexibility index (Phi) is 6.82. The molecule has 0 aliphatic carbocycles. The minimum atomic E-state index is -0.914. The molecule has 0 saturated carbocycles. The van der Waals surface area contributed by atoms with Crippen molar-refractivity contribution in [2.24, 2.45) is 0 Å². The van der Waals surface area contributed by atoms with E-state index in [0.717, 1.165) is 5.56 Å². The molecule has 1 heterocycles. The van der Waals surface area contributed by atoms with Crippen LogP contribution >= 0.6 is 0 Å². The maximum Gasteiger partial charge on any atom is 0.411 e. The van der Waals surface area contributed by atoms with E-state index in [1.165, 1.54) is 4.90 Å². The predicted molar refractivity (Wildman–Crippen MR) is 97.9 cm³/mol. The highest BCUT2D eigenvalue weighted by Gasteiger charge is 2.43. The number of carbonyl (C=O) groups excluding carboxylic acids is 3. The van der Waals surface area contributed by atoms with E-state index in [2.05, 4.69) is 0 Å². The van der Waals surface area contributed by atoms with Gasteiger partial charge in [0.2, 0.25) is 0 Å². The van der Waals surface area contributed by atoms with Gasteiger partial charge in [-0.25, -0.2) is 9.59 Å². The second-order valence-corrected chi connectivity index (χ2v) is 7.30. The first-order valence-corrected chi connectivity index (χ1v) is 9.11. The molecule has 1 aliphatic rings. The minimum Gasteiger partial charge on any atom is -0.466 e. The number of morpholine rings is 1. The average molecular weight is 378 g/mol. The fraction of sp³-hybridized carbons (Fsp3) is 0.550. The van der Waals surface area contributed by atoms with Crippen molar-refractivity contribution >= 4 is 18.0 Å². The van der Waals surface area contributed by atoms with E-state index in [-0.39, 0.29) is 26.1 Å². The molecule has 0 radical (unpaired) electrons. The number of hydrogen-bond donors (Lipinski definition) is 0. The monoisotopic (exact) mass is 378 g/mol. The van der Waals surface area contributed by atoms with Crippen molar-refractivity contribution in [1.29, 1.82) is 0 Å². The van der Waals surface area contributed by atoms with Crippen LogP contribution in [0.2, 0.25) is 0 Å². The van der Waals surface area contributed by atoms with E-state index in [0.29, 0.717) is 0 Å². The summed E-state index contributed by atoms with van der Waals surface area (Å²) in [4.78, 5) is 38.4. The number of benzene rings is 1. The highest BCUT2D eigenvalue weighted by atomic mass is 16.6. The van der Waals surface area contributed by atoms with Crippen molar-refractivity contribution in [3.8, 4) is 0 Å². The standard InChI is InChI=1S/C20H27NO6/c1-5-25-17(22)12-11-15-18(23)26-13-16(14-9-7-6-8-10-14)21(15)19(24)27-20(2,3)4/h6-10,15-16H,5,11-13H2,1-4H3/t15-,16+/m0/s1/i12+1. The number of rotatable bonds is 5. The lowest BCUT2D eigenvalue weighted by molar-refractivity contribution is -0.163. The zero-order chi connectivity index (χ0) is 20.0. The quantitative estimate of drug-likeness (QED) is 0.444. The molecule has 1 aliphatic heterocycles. The summed E-state index contributed by atoms with van der Waals surface area (Å²) in [6, 6.07) is 7.91. The Bertz CT molecular complexity index is 667. The number of hydrogen-bond acceptors (Lipinski definition) is 6. The number of cyclic esters (lactones) is 1. The van der Waals surface area contributed by atoms with Gasteiger partial charge in [0.15, 0.2) is 0 Å². The second-order valence-electron chi connectivity index (χ2n) is 7.30. The Morgan fingerprint density at radius 3 is 2.48 bits per heavy atom. The number of nitrogens with zero attached hydrogens (tertiary/aromatic N) is 1. The molecule has 1 saturated heterocycles. The van der Waals surface area contributed by atoms with Crippen LogP contribution in [-0.4, -0.2) is 47.8 Å². The summed E-state index contributed by atoms with van der Waals surface area (Å²) < 4.78 is 15.8. The van der Waals surface area contributed by atoms with E-state index >= 15 is 0 Å². The van der Waals surface area contributed by atoms with Crippen LogP contribution in [0.3, 0.4) is 0 Å². The zero-order valence-electron chi connectivity index (χ0n) is 16.3. The summed E-state index contributed by atoms with van der Waals surface area (Å²) >= 11 is 0. The molecule has 7 heteroatoms. The highest BCUT2D eigenvalue weighted by Crippen LogP contribution is 2.31. The molecule has 2 atom stereocenters. The molecule has 1 aromatic rings. The van der Waals surface area contributed by atoms with Crippen molar-refractivity contribution in [3.05, 3.63) is 35.9 Å². The van der Waals surface area contributed by atoms with Gasteiger partial charge in [0.25, 0.3) is 0 Å². The molecular weight excluding hydrogens is 351 g/mol. The van der Waals surface area contributed by atoms with Crippen molar-refractivity contribution in [1.82, 2.24) is 4.90 Å². The second kappa shape index (κ2) is 8.88. The zero-order valence-corrected chi connectivity index (χ0v) is 16.3. The van der Waals surface area contributed by atoms with Crippen LogP contribution in [0.5, 0.6) is 0 Å². The lowest BCUT2D eigenvalue weighted by Crippen LogP contribution is -2.54. The first kappa shape index (κ1) is 20.7. The largest absolute Gasteiger partial charge is 0.466 e. The first-order valence-electron chi connectivity index (χ1n) is 9.11. The average Bonchev–Trinajstić information content (AvgIpc) is 2.60. The fourth-order valence-corrected chi connectivity index (χ4v) is 2.91. The normalized spacial score (nSPS) is 20.0. The number of ether oxygens (including phenoxy) is 3. The summed E-state index contributed by atoms with van der Waals surface area (Å²) in [6.07, 6.45) is -0.490. The summed E-state index contributed by atoms with van der Waals surface area (Å²) in [5.74, 6) is -0.964. The van der Waals surface area contributed by atoms with Crippen LogP contribution in [0.1, 0.15) is 52.1 Å². The Hall–Kier alpha value is -2.57. The van der Waals surface area contributed by atoms with Crippen molar-refractivity contribution < 1.29 is 28.6 Å². The molecule has 1 aromatic carbocycles. The Morgan fingerprint density at radius 1 is 1.22 bits per heavy atom. The Balaban J connectivity index is 2.30. The molecule has 7 nitrogen and oxygen atoms in total. The van der Waals surface area contributed by atoms with Crippen LogP contribution in [0, 0.1) is 0 Å². The maximum atomic E-state index is 12.9. The van der Waals surface area contributed by atoms with Gasteiger partial charge in [-0.05, 0) is 39.7 Å². The van der Waals surface area contributed by atoms with Crippen molar-refractivity contribution in [3.63, 3.8) is 0 Å². The molecule has 0 spiro atoms. The van der Waals surface area contributed by atoms with Crippen LogP contribution in [0.4, 0.5) is 4.79 Å². The van der Waals surface area contributed by atoms with E-state index in [1.54, 1.807) is 27.7 Å². The molecule has 2 rings (SSSR count). The van der Waals surface area contributed by atoms with Gasteiger partial charge in [-0.3, -0.25) is 9.69 Å². The topological polar surface area (TPSA) is 82.1 Å². The third-order valence-corrected chi connectivity index (χ3v) is 4.04. The van der Waals surface area contributed by atoms with E-state index in [4.69, 9.17) is 14.2 Å². The summed E-state index contributed by atoms with van der Waals surface area (Å²) in [5.41, 5.74) is 0.114. The molecule has 0 aromatic heterocycles. The lowest BCUT2D eigenvalue weighted by Gasteiger charge is -2.41. The molecule has 0 unspecified atom stereocenters. The number of amides is 1. The predicted octanol–water partition coefficient (Wildman–Crippen LogP) is 3.23. The molecule has 148 valence electrons. The third-order valence-electron chi connectivity index (χ3n) is 4.04. The van der Waals surface area contributed by atoms with Gasteiger partial charge in [0, 0.05) is 6.42 Å². The van der Waals surface area contributed by atoms with E-state index in [1.807, 2.05) is 30.3 Å². The van der Waals surface area contributed by atoms with Gasteiger partial charge in [0.1, 0.15) is 18.2 Å². The molecule has 0 bridgehead atoms. The first-order chi connectivity index (χ1) is 12.7. The molecule has 27 heavy (non-hydrogen) atoms. The van der Waals surface area contributed by atoms with E-state index < -0.39 is 35.7 Å². The molecular formula is C20H27NO6. The number of esters is 2. The van der Waals surface area contributed by atoms with E-state index in [9.17, 15) is 14.4 Å². The summed E-state index contributed by atoms with van der Waals surface area (Å²) in [5, 5.41) is 0. The molecule has 1 amide bonds. The van der Waals surface area contributed by atoms with Crippen molar-refractivity contribution in [2.45, 2.75) is 58.2 Å². The van der Waals surface area contributed by atoms with Gasteiger partial charge < -0.3 is 14.2 Å². The SMILES string of the molecule is CCOC(=O)[13CH2]C[C@H]1C(=O)OC[C@H](c2ccccc2)N1C(=O)OC(C)(C)C. The van der Waals surface area contributed by atoms with Crippen LogP contribution in [0.15, 0.2) is 30.3 Å². The Morgan fingerprint density at radius 2 is 1.89 bits per heavy atom. The summed E-state index contributed by atoms with van der Waals surface area (Å²) in [6.45, 7) is 7.30. The van der Waals surface area contributed by atoms with Gasteiger partial charge in [-0.15, -0.1) is 0 Å². The number of carbonyl (C=O) groups is 3. The highest BCUT2D eigenvalue weighted by molar-refractivity contribution is 5.84. The van der Waals surface area contributed by atoms with Gasteiger partial charge in [-0.2, -0.15) is 0 Å². The fourth-order valence-electron chi connectivity index (χ4n) is 2.91. The van der Waals surface area contributed by atoms with Gasteiger partial charge >= 0.3 is 18.0 Å². The van der Waals surface area contributed by atoms with Crippen LogP contribution in [0.25, 0.3) is 0 Å². The van der Waals surface area contributed by atoms with Gasteiger partial charge in [-0.1, -0.05) is 30.3 Å². The third kappa shape index (κ3) is 5.70. The van der Waals surface area contributed by atoms with Crippen LogP contribution in [-0.2, 0) is 23.8 Å². The summed E-state index contributed by atoms with van der Waals surface area (Å²) in [7, 11) is 0.